The van der Waals surface area contributed by atoms with Crippen LogP contribution in [-0.2, 0) is 0 Å². The molecule has 120 valence electrons. The summed E-state index contributed by atoms with van der Waals surface area (Å²) in [6, 6.07) is 10.3. The lowest BCUT2D eigenvalue weighted by Crippen LogP contribution is -2.02. The Morgan fingerprint density at radius 1 is 1.29 bits per heavy atom. The molecule has 7 heteroatoms. The molecule has 6 nitrogen and oxygen atoms in total. The molecule has 0 aliphatic carbocycles. The van der Waals surface area contributed by atoms with E-state index in [-0.39, 0.29) is 11.1 Å². The highest BCUT2D eigenvalue weighted by molar-refractivity contribution is 7.23. The number of ether oxygens (including phenoxy) is 1. The summed E-state index contributed by atoms with van der Waals surface area (Å²) in [4.78, 5) is 16.9. The average Bonchev–Trinajstić information content (AvgIpc) is 2.98. The van der Waals surface area contributed by atoms with Crippen molar-refractivity contribution in [3.8, 4) is 22.8 Å². The van der Waals surface area contributed by atoms with E-state index >= 15 is 0 Å². The predicted molar refractivity (Wildman–Crippen MR) is 93.7 cm³/mol. The van der Waals surface area contributed by atoms with Crippen LogP contribution in [0.1, 0.15) is 0 Å². The maximum Gasteiger partial charge on any atom is 0.236 e. The van der Waals surface area contributed by atoms with E-state index in [2.05, 4.69) is 4.98 Å². The smallest absolute Gasteiger partial charge is 0.236 e. The van der Waals surface area contributed by atoms with Crippen molar-refractivity contribution in [2.45, 2.75) is 0 Å². The van der Waals surface area contributed by atoms with Crippen LogP contribution in [0.2, 0.25) is 0 Å². The Morgan fingerprint density at radius 3 is 2.92 bits per heavy atom. The molecule has 0 aliphatic heterocycles. The molecule has 24 heavy (non-hydrogen) atoms. The first-order chi connectivity index (χ1) is 11.6. The first kappa shape index (κ1) is 14.5. The first-order valence-electron chi connectivity index (χ1n) is 7.07. The molecule has 0 saturated heterocycles. The highest BCUT2D eigenvalue weighted by atomic mass is 32.1. The average molecular weight is 340 g/mol. The van der Waals surface area contributed by atoms with E-state index in [0.29, 0.717) is 32.2 Å². The molecular formula is C17H12N2O4S. The summed E-state index contributed by atoms with van der Waals surface area (Å²) in [7, 11) is 1.54. The van der Waals surface area contributed by atoms with Crippen molar-refractivity contribution in [1.82, 2.24) is 4.98 Å². The normalized spacial score (nSPS) is 11.2. The van der Waals surface area contributed by atoms with Gasteiger partial charge >= 0.3 is 0 Å². The van der Waals surface area contributed by atoms with Gasteiger partial charge in [0, 0.05) is 5.56 Å². The van der Waals surface area contributed by atoms with Crippen LogP contribution in [-0.4, -0.2) is 17.2 Å². The summed E-state index contributed by atoms with van der Waals surface area (Å²) < 4.78 is 11.6. The van der Waals surface area contributed by atoms with Gasteiger partial charge in [0.05, 0.1) is 22.7 Å². The molecule has 3 N–H and O–H groups in total. The van der Waals surface area contributed by atoms with Crippen molar-refractivity contribution >= 4 is 37.7 Å². The fourth-order valence-electron chi connectivity index (χ4n) is 2.63. The molecule has 0 aliphatic rings. The van der Waals surface area contributed by atoms with Gasteiger partial charge in [-0.25, -0.2) is 4.98 Å². The van der Waals surface area contributed by atoms with Gasteiger partial charge < -0.3 is 20.0 Å². The number of nitrogen functional groups attached to an aromatic ring is 1. The Balaban J connectivity index is 2.07. The molecular weight excluding hydrogens is 328 g/mol. The van der Waals surface area contributed by atoms with Gasteiger partial charge in [-0.1, -0.05) is 23.5 Å². The number of hydrogen-bond donors (Lipinski definition) is 2. The molecule has 2 aromatic heterocycles. The molecule has 4 aromatic rings. The first-order valence-corrected chi connectivity index (χ1v) is 7.89. The Kier molecular flexibility index (Phi) is 3.17. The molecule has 0 fully saturated rings. The van der Waals surface area contributed by atoms with Gasteiger partial charge in [0.1, 0.15) is 11.3 Å². The second kappa shape index (κ2) is 5.24. The van der Waals surface area contributed by atoms with E-state index < -0.39 is 11.2 Å². The van der Waals surface area contributed by atoms with Gasteiger partial charge in [0.2, 0.25) is 11.2 Å². The largest absolute Gasteiger partial charge is 0.502 e. The van der Waals surface area contributed by atoms with E-state index in [1.165, 1.54) is 11.3 Å². The van der Waals surface area contributed by atoms with Gasteiger partial charge in [-0.2, -0.15) is 0 Å². The van der Waals surface area contributed by atoms with Gasteiger partial charge in [-0.15, -0.1) is 0 Å². The Bertz CT molecular complexity index is 1150. The zero-order valence-electron chi connectivity index (χ0n) is 12.6. The molecule has 2 aromatic carbocycles. The lowest BCUT2D eigenvalue weighted by molar-refractivity contribution is 0.414. The summed E-state index contributed by atoms with van der Waals surface area (Å²) in [6.07, 6.45) is 0. The maximum absolute atomic E-state index is 12.7. The van der Waals surface area contributed by atoms with E-state index in [1.54, 1.807) is 43.5 Å². The third kappa shape index (κ3) is 2.10. The third-order valence-corrected chi connectivity index (χ3v) is 4.65. The maximum atomic E-state index is 12.7. The molecule has 0 radical (unpaired) electrons. The number of nitrogens with two attached hydrogens (primary N) is 1. The summed E-state index contributed by atoms with van der Waals surface area (Å²) in [5.41, 5.74) is 6.73. The molecule has 2 heterocycles. The Morgan fingerprint density at radius 2 is 2.12 bits per heavy atom. The fraction of sp³-hybridized carbons (Fsp3) is 0.0588. The Labute approximate surface area is 139 Å². The van der Waals surface area contributed by atoms with E-state index in [4.69, 9.17) is 14.9 Å². The van der Waals surface area contributed by atoms with Crippen molar-refractivity contribution in [2.24, 2.45) is 0 Å². The number of methoxy groups -OCH3 is 1. The molecule has 0 atom stereocenters. The van der Waals surface area contributed by atoms with Crippen LogP contribution in [0.4, 0.5) is 5.13 Å². The van der Waals surface area contributed by atoms with Crippen molar-refractivity contribution in [2.75, 3.05) is 12.8 Å². The summed E-state index contributed by atoms with van der Waals surface area (Å²) in [5, 5.41) is 11.0. The second-order valence-electron chi connectivity index (χ2n) is 5.18. The quantitative estimate of drug-likeness (QED) is 0.580. The van der Waals surface area contributed by atoms with Crippen LogP contribution in [0.5, 0.6) is 11.5 Å². The number of benzene rings is 2. The SMILES string of the molecule is COc1cccc(-c2oc3ccc4nc(N)sc4c3c(=O)c2O)c1. The topological polar surface area (TPSA) is 98.6 Å². The van der Waals surface area contributed by atoms with Crippen LogP contribution in [0.15, 0.2) is 45.6 Å². The molecule has 0 unspecified atom stereocenters. The third-order valence-electron chi connectivity index (χ3n) is 3.74. The lowest BCUT2D eigenvalue weighted by atomic mass is 10.1. The molecule has 0 saturated carbocycles. The van der Waals surface area contributed by atoms with Crippen molar-refractivity contribution in [3.05, 3.63) is 46.6 Å². The minimum Gasteiger partial charge on any atom is -0.502 e. The van der Waals surface area contributed by atoms with Crippen LogP contribution in [0, 0.1) is 0 Å². The lowest BCUT2D eigenvalue weighted by Gasteiger charge is -2.07. The summed E-state index contributed by atoms with van der Waals surface area (Å²) in [6.45, 7) is 0. The highest BCUT2D eigenvalue weighted by Gasteiger charge is 2.19. The van der Waals surface area contributed by atoms with Gasteiger partial charge in [-0.3, -0.25) is 4.79 Å². The molecule has 0 spiro atoms. The summed E-state index contributed by atoms with van der Waals surface area (Å²) in [5.74, 6) is 0.249. The Hall–Kier alpha value is -3.06. The van der Waals surface area contributed by atoms with E-state index in [1.807, 2.05) is 0 Å². The number of anilines is 1. The van der Waals surface area contributed by atoms with Crippen molar-refractivity contribution < 1.29 is 14.3 Å². The molecule has 0 amide bonds. The van der Waals surface area contributed by atoms with Gasteiger partial charge in [0.15, 0.2) is 10.9 Å². The molecule has 4 rings (SSSR count). The monoisotopic (exact) mass is 340 g/mol. The summed E-state index contributed by atoms with van der Waals surface area (Å²) >= 11 is 1.19. The number of rotatable bonds is 2. The van der Waals surface area contributed by atoms with Crippen LogP contribution < -0.4 is 15.9 Å². The molecule has 0 bridgehead atoms. The number of fused-ring (bicyclic) bond motifs is 3. The number of nitrogens with zero attached hydrogens (tertiary/aromatic N) is 1. The van der Waals surface area contributed by atoms with Crippen LogP contribution >= 0.6 is 11.3 Å². The van der Waals surface area contributed by atoms with Crippen LogP contribution in [0.25, 0.3) is 32.5 Å². The van der Waals surface area contributed by atoms with E-state index in [9.17, 15) is 9.90 Å². The van der Waals surface area contributed by atoms with Crippen molar-refractivity contribution in [1.29, 1.82) is 0 Å². The minimum atomic E-state index is -0.511. The predicted octanol–water partition coefficient (Wildman–Crippen LogP) is 3.37. The highest BCUT2D eigenvalue weighted by Crippen LogP contribution is 2.36. The number of thiazole rings is 1. The number of aromatic hydroxyl groups is 1. The second-order valence-corrected chi connectivity index (χ2v) is 6.21. The minimum absolute atomic E-state index is 0.100. The van der Waals surface area contributed by atoms with Crippen LogP contribution in [0.3, 0.4) is 0 Å². The van der Waals surface area contributed by atoms with E-state index in [0.717, 1.165) is 0 Å². The van der Waals surface area contributed by atoms with Crippen molar-refractivity contribution in [3.63, 3.8) is 0 Å². The zero-order chi connectivity index (χ0) is 16.8. The number of hydrogen-bond acceptors (Lipinski definition) is 7. The van der Waals surface area contributed by atoms with Gasteiger partial charge in [0.25, 0.3) is 0 Å². The number of aromatic nitrogens is 1. The van der Waals surface area contributed by atoms with Gasteiger partial charge in [-0.05, 0) is 24.3 Å². The fourth-order valence-corrected chi connectivity index (χ4v) is 3.50. The zero-order valence-corrected chi connectivity index (χ0v) is 13.4. The standard InChI is InChI=1S/C17H12N2O4S/c1-22-9-4-2-3-8(7-9)15-14(21)13(20)12-11(23-15)6-5-10-16(12)24-17(18)19-10/h2-7,21H,1H3,(H2,18,19).